The molecule has 0 saturated heterocycles. The fourth-order valence-corrected chi connectivity index (χ4v) is 4.54. The van der Waals surface area contributed by atoms with Crippen molar-refractivity contribution in [3.05, 3.63) is 64.8 Å². The van der Waals surface area contributed by atoms with Crippen molar-refractivity contribution in [2.75, 3.05) is 11.9 Å². The molecule has 6 nitrogen and oxygen atoms in total. The summed E-state index contributed by atoms with van der Waals surface area (Å²) >= 11 is 1.60. The van der Waals surface area contributed by atoms with Gasteiger partial charge in [-0.3, -0.25) is 0 Å². The molecule has 0 saturated carbocycles. The number of hydrogen-bond acceptors (Lipinski definition) is 6. The number of rotatable bonds is 6. The van der Waals surface area contributed by atoms with E-state index in [1.165, 1.54) is 0 Å². The third kappa shape index (κ3) is 3.71. The average molecular weight is 420 g/mol. The van der Waals surface area contributed by atoms with Crippen LogP contribution < -0.4 is 10.1 Å². The normalized spacial score (nSPS) is 10.9. The van der Waals surface area contributed by atoms with Crippen LogP contribution in [-0.4, -0.2) is 27.7 Å². The molecule has 30 heavy (non-hydrogen) atoms. The third-order valence-electron chi connectivity index (χ3n) is 4.70. The fourth-order valence-electron chi connectivity index (χ4n) is 3.45. The molecule has 0 aliphatic heterocycles. The van der Waals surface area contributed by atoms with Crippen molar-refractivity contribution in [2.24, 2.45) is 0 Å². The van der Waals surface area contributed by atoms with E-state index >= 15 is 0 Å². The predicted molar refractivity (Wildman–Crippen MR) is 120 cm³/mol. The van der Waals surface area contributed by atoms with Crippen molar-refractivity contribution in [1.29, 1.82) is 0 Å². The lowest BCUT2D eigenvalue weighted by atomic mass is 10.0. The summed E-state index contributed by atoms with van der Waals surface area (Å²) < 4.78 is 5.56. The molecule has 2 aromatic carbocycles. The predicted octanol–water partition coefficient (Wildman–Crippen LogP) is 5.82. The maximum absolute atomic E-state index is 11.6. The summed E-state index contributed by atoms with van der Waals surface area (Å²) in [5.41, 5.74) is 2.75. The summed E-state index contributed by atoms with van der Waals surface area (Å²) in [5.74, 6) is 1.05. The first-order valence-corrected chi connectivity index (χ1v) is 10.4. The number of nitrogens with zero attached hydrogens (tertiary/aromatic N) is 2. The number of anilines is 2. The van der Waals surface area contributed by atoms with Crippen LogP contribution in [0.5, 0.6) is 5.75 Å². The zero-order valence-corrected chi connectivity index (χ0v) is 17.7. The lowest BCUT2D eigenvalue weighted by molar-refractivity contribution is 0.0698. The van der Waals surface area contributed by atoms with Crippen LogP contribution in [0.4, 0.5) is 11.5 Å². The molecule has 0 spiro atoms. The zero-order chi connectivity index (χ0) is 21.3. The Hall–Kier alpha value is -3.45. The van der Waals surface area contributed by atoms with Gasteiger partial charge in [0.15, 0.2) is 0 Å². The van der Waals surface area contributed by atoms with Crippen LogP contribution in [0, 0.1) is 13.8 Å². The van der Waals surface area contributed by atoms with E-state index in [0.29, 0.717) is 23.9 Å². The van der Waals surface area contributed by atoms with Gasteiger partial charge in [-0.1, -0.05) is 24.3 Å². The third-order valence-corrected chi connectivity index (χ3v) is 5.70. The minimum atomic E-state index is -0.992. The number of aromatic nitrogens is 2. The number of aryl methyl sites for hydroxylation is 2. The number of aromatic carboxylic acids is 1. The second-order valence-electron chi connectivity index (χ2n) is 6.77. The van der Waals surface area contributed by atoms with Gasteiger partial charge >= 0.3 is 5.97 Å². The van der Waals surface area contributed by atoms with Crippen LogP contribution in [-0.2, 0) is 0 Å². The highest BCUT2D eigenvalue weighted by molar-refractivity contribution is 7.19. The summed E-state index contributed by atoms with van der Waals surface area (Å²) in [6, 6.07) is 14.8. The van der Waals surface area contributed by atoms with Crippen LogP contribution in [0.15, 0.2) is 48.5 Å². The van der Waals surface area contributed by atoms with Gasteiger partial charge in [-0.2, -0.15) is 0 Å². The van der Waals surface area contributed by atoms with E-state index in [2.05, 4.69) is 22.2 Å². The highest BCUT2D eigenvalue weighted by atomic mass is 32.1. The van der Waals surface area contributed by atoms with E-state index in [1.54, 1.807) is 35.6 Å². The summed E-state index contributed by atoms with van der Waals surface area (Å²) in [7, 11) is 0. The minimum absolute atomic E-state index is 0.191. The molecule has 2 aromatic heterocycles. The van der Waals surface area contributed by atoms with Gasteiger partial charge in [0.25, 0.3) is 0 Å². The highest BCUT2D eigenvalue weighted by Gasteiger charge is 2.19. The smallest absolute Gasteiger partial charge is 0.337 e. The van der Waals surface area contributed by atoms with Crippen molar-refractivity contribution >= 4 is 39.0 Å². The van der Waals surface area contributed by atoms with Gasteiger partial charge in [0, 0.05) is 10.4 Å². The Bertz CT molecular complexity index is 1230. The lowest BCUT2D eigenvalue weighted by Crippen LogP contribution is -2.04. The molecule has 0 aliphatic carbocycles. The molecular formula is C23H21N3O3S. The van der Waals surface area contributed by atoms with E-state index in [4.69, 9.17) is 4.74 Å². The second kappa shape index (κ2) is 8.12. The summed E-state index contributed by atoms with van der Waals surface area (Å²) in [4.78, 5) is 22.8. The largest absolute Gasteiger partial charge is 0.494 e. The molecule has 0 amide bonds. The number of carboxylic acids is 1. The van der Waals surface area contributed by atoms with Crippen LogP contribution in [0.3, 0.4) is 0 Å². The Kier molecular flexibility index (Phi) is 5.37. The number of carboxylic acid groups (broad SMARTS) is 1. The lowest BCUT2D eigenvalue weighted by Gasteiger charge is -2.12. The van der Waals surface area contributed by atoms with Gasteiger partial charge in [-0.05, 0) is 50.6 Å². The molecule has 2 heterocycles. The minimum Gasteiger partial charge on any atom is -0.494 e. The molecular weight excluding hydrogens is 398 g/mol. The Morgan fingerprint density at radius 2 is 1.83 bits per heavy atom. The molecule has 0 unspecified atom stereocenters. The van der Waals surface area contributed by atoms with Gasteiger partial charge in [-0.15, -0.1) is 11.3 Å². The van der Waals surface area contributed by atoms with Gasteiger partial charge in [-0.25, -0.2) is 14.8 Å². The first-order valence-electron chi connectivity index (χ1n) is 9.58. The van der Waals surface area contributed by atoms with Crippen molar-refractivity contribution in [2.45, 2.75) is 20.8 Å². The molecule has 4 aromatic rings. The fraction of sp³-hybridized carbons (Fsp3) is 0.174. The monoisotopic (exact) mass is 419 g/mol. The molecule has 7 heteroatoms. The van der Waals surface area contributed by atoms with Crippen LogP contribution in [0.1, 0.15) is 28.0 Å². The SMILES string of the molecule is CCOc1ccc(-c2c(C)sc3nc(C)nc(Nc4ccccc4C(=O)O)c23)cc1. The molecule has 0 atom stereocenters. The maximum Gasteiger partial charge on any atom is 0.337 e. The quantitative estimate of drug-likeness (QED) is 0.410. The number of nitrogens with one attached hydrogen (secondary N) is 1. The van der Waals surface area contributed by atoms with Gasteiger partial charge in [0.05, 0.1) is 23.2 Å². The topological polar surface area (TPSA) is 84.3 Å². The molecule has 0 aliphatic rings. The summed E-state index contributed by atoms with van der Waals surface area (Å²) in [6.45, 7) is 6.46. The number of hydrogen-bond donors (Lipinski definition) is 2. The van der Waals surface area contributed by atoms with E-state index in [0.717, 1.165) is 32.0 Å². The zero-order valence-electron chi connectivity index (χ0n) is 16.9. The van der Waals surface area contributed by atoms with Crippen LogP contribution in [0.2, 0.25) is 0 Å². The number of benzene rings is 2. The number of carbonyl (C=O) groups is 1. The van der Waals surface area contributed by atoms with E-state index in [9.17, 15) is 9.90 Å². The Morgan fingerprint density at radius 3 is 2.53 bits per heavy atom. The number of para-hydroxylation sites is 1. The number of thiophene rings is 1. The standard InChI is InChI=1S/C23H21N3O3S/c1-4-29-16-11-9-15(10-12-16)19-13(2)30-22-20(19)21(24-14(3)25-22)26-18-8-6-5-7-17(18)23(27)28/h5-12H,4H2,1-3H3,(H,27,28)(H,24,25,26). The summed E-state index contributed by atoms with van der Waals surface area (Å²) in [5, 5.41) is 13.7. The number of ether oxygens (including phenoxy) is 1. The van der Waals surface area contributed by atoms with Gasteiger partial charge in [0.1, 0.15) is 22.2 Å². The maximum atomic E-state index is 11.6. The van der Waals surface area contributed by atoms with Gasteiger partial charge < -0.3 is 15.2 Å². The Labute approximate surface area is 178 Å². The van der Waals surface area contributed by atoms with Crippen LogP contribution >= 0.6 is 11.3 Å². The molecule has 0 radical (unpaired) electrons. The van der Waals surface area contributed by atoms with Gasteiger partial charge in [0.2, 0.25) is 0 Å². The molecule has 0 fully saturated rings. The van der Waals surface area contributed by atoms with E-state index < -0.39 is 5.97 Å². The van der Waals surface area contributed by atoms with Crippen molar-refractivity contribution < 1.29 is 14.6 Å². The highest BCUT2D eigenvalue weighted by Crippen LogP contribution is 2.42. The van der Waals surface area contributed by atoms with Crippen molar-refractivity contribution in [3.63, 3.8) is 0 Å². The first kappa shape index (κ1) is 19.8. The summed E-state index contributed by atoms with van der Waals surface area (Å²) in [6.07, 6.45) is 0. The number of fused-ring (bicyclic) bond motifs is 1. The Balaban J connectivity index is 1.88. The van der Waals surface area contributed by atoms with E-state index in [-0.39, 0.29) is 5.56 Å². The van der Waals surface area contributed by atoms with Crippen molar-refractivity contribution in [1.82, 2.24) is 9.97 Å². The average Bonchev–Trinajstić information content (AvgIpc) is 3.05. The second-order valence-corrected chi connectivity index (χ2v) is 7.97. The first-order chi connectivity index (χ1) is 14.5. The van der Waals surface area contributed by atoms with Crippen LogP contribution in [0.25, 0.3) is 21.3 Å². The Morgan fingerprint density at radius 1 is 1.10 bits per heavy atom. The molecule has 152 valence electrons. The van der Waals surface area contributed by atoms with E-state index in [1.807, 2.05) is 38.1 Å². The molecule has 4 rings (SSSR count). The molecule has 2 N–H and O–H groups in total. The van der Waals surface area contributed by atoms with Crippen molar-refractivity contribution in [3.8, 4) is 16.9 Å². The molecule has 0 bridgehead atoms.